The van der Waals surface area contributed by atoms with Crippen molar-refractivity contribution in [3.05, 3.63) is 87.9 Å². The van der Waals surface area contributed by atoms with Crippen LogP contribution in [0.5, 0.6) is 0 Å². The van der Waals surface area contributed by atoms with Gasteiger partial charge in [0.15, 0.2) is 0 Å². The summed E-state index contributed by atoms with van der Waals surface area (Å²) in [6.45, 7) is 7.64. The van der Waals surface area contributed by atoms with Gasteiger partial charge in [0.05, 0.1) is 27.2 Å². The topological polar surface area (TPSA) is 131 Å². The number of amides is 3. The van der Waals surface area contributed by atoms with E-state index in [1.54, 1.807) is 36.4 Å². The van der Waals surface area contributed by atoms with Gasteiger partial charge in [-0.2, -0.15) is 4.68 Å². The first-order valence-electron chi connectivity index (χ1n) is 12.9. The maximum atomic E-state index is 13.0. The largest absolute Gasteiger partial charge is 0.341 e. The van der Waals surface area contributed by atoms with Crippen molar-refractivity contribution in [1.29, 1.82) is 0 Å². The standard InChI is InChI=1S/C29H29Cl2N7O3S/c1-17(39)32-26(18-8-6-5-7-9-18)27(41)33-20-11-12-23(21(30)15-20)34-25(40)16-42-28-35-36-37-38(28)24-13-10-19(14-22(24)31)29(2,3)4/h5-15,26H,16H2,1-4H3,(H,32,39)(H,33,41)(H,34,40). The number of benzene rings is 3. The smallest absolute Gasteiger partial charge is 0.251 e. The van der Waals surface area contributed by atoms with Gasteiger partial charge in [-0.3, -0.25) is 14.4 Å². The number of carbonyl (C=O) groups excluding carboxylic acids is 3. The Hall–Kier alpha value is -3.93. The molecule has 1 aromatic heterocycles. The van der Waals surface area contributed by atoms with Gasteiger partial charge in [0.1, 0.15) is 6.04 Å². The van der Waals surface area contributed by atoms with Crippen LogP contribution in [0.3, 0.4) is 0 Å². The first kappa shape index (κ1) is 31.0. The van der Waals surface area contributed by atoms with Crippen molar-refractivity contribution in [2.75, 3.05) is 16.4 Å². The van der Waals surface area contributed by atoms with E-state index in [1.807, 2.05) is 24.3 Å². The Bertz CT molecular complexity index is 1610. The van der Waals surface area contributed by atoms with Gasteiger partial charge in [0.2, 0.25) is 17.0 Å². The monoisotopic (exact) mass is 625 g/mol. The summed E-state index contributed by atoms with van der Waals surface area (Å²) < 4.78 is 1.49. The minimum Gasteiger partial charge on any atom is -0.341 e. The minimum absolute atomic E-state index is 0.00234. The van der Waals surface area contributed by atoms with Gasteiger partial charge < -0.3 is 16.0 Å². The summed E-state index contributed by atoms with van der Waals surface area (Å²) >= 11 is 14.1. The van der Waals surface area contributed by atoms with Crippen LogP contribution in [0.4, 0.5) is 11.4 Å². The summed E-state index contributed by atoms with van der Waals surface area (Å²) in [6, 6.07) is 18.4. The maximum Gasteiger partial charge on any atom is 0.251 e. The van der Waals surface area contributed by atoms with Crippen LogP contribution < -0.4 is 16.0 Å². The molecule has 0 aliphatic rings. The van der Waals surface area contributed by atoms with E-state index < -0.39 is 11.9 Å². The number of hydrogen-bond donors (Lipinski definition) is 3. The second kappa shape index (κ2) is 13.4. The molecule has 0 bridgehead atoms. The second-order valence-corrected chi connectivity index (χ2v) is 12.1. The van der Waals surface area contributed by atoms with Crippen LogP contribution in [0.25, 0.3) is 5.69 Å². The Morgan fingerprint density at radius 3 is 2.33 bits per heavy atom. The number of hydrogen-bond acceptors (Lipinski definition) is 7. The number of anilines is 2. The molecule has 1 atom stereocenters. The zero-order valence-corrected chi connectivity index (χ0v) is 25.6. The third-order valence-electron chi connectivity index (χ3n) is 6.07. The van der Waals surface area contributed by atoms with Crippen LogP contribution in [0.15, 0.2) is 71.9 Å². The van der Waals surface area contributed by atoms with Crippen LogP contribution in [0, 0.1) is 0 Å². The summed E-state index contributed by atoms with van der Waals surface area (Å²) in [4.78, 5) is 37.4. The Balaban J connectivity index is 1.38. The zero-order chi connectivity index (χ0) is 30.4. The highest BCUT2D eigenvalue weighted by Crippen LogP contribution is 2.31. The van der Waals surface area contributed by atoms with Crippen molar-refractivity contribution in [3.8, 4) is 5.69 Å². The Morgan fingerprint density at radius 1 is 0.952 bits per heavy atom. The van der Waals surface area contributed by atoms with Gasteiger partial charge in [-0.1, -0.05) is 92.1 Å². The maximum absolute atomic E-state index is 13.0. The molecule has 1 unspecified atom stereocenters. The van der Waals surface area contributed by atoms with Gasteiger partial charge in [-0.05, 0) is 57.3 Å². The molecule has 0 aliphatic heterocycles. The van der Waals surface area contributed by atoms with Gasteiger partial charge in [0, 0.05) is 12.6 Å². The summed E-state index contributed by atoms with van der Waals surface area (Å²) in [6.07, 6.45) is 0. The highest BCUT2D eigenvalue weighted by molar-refractivity contribution is 7.99. The normalized spacial score (nSPS) is 12.0. The summed E-state index contributed by atoms with van der Waals surface area (Å²) in [7, 11) is 0. The number of rotatable bonds is 9. The molecule has 0 saturated carbocycles. The van der Waals surface area contributed by atoms with Crippen molar-refractivity contribution in [2.45, 2.75) is 44.3 Å². The second-order valence-electron chi connectivity index (χ2n) is 10.4. The van der Waals surface area contributed by atoms with E-state index in [0.717, 1.165) is 17.3 Å². The lowest BCUT2D eigenvalue weighted by Crippen LogP contribution is -2.35. The van der Waals surface area contributed by atoms with Crippen molar-refractivity contribution in [1.82, 2.24) is 25.5 Å². The highest BCUT2D eigenvalue weighted by atomic mass is 35.5. The molecule has 3 amide bonds. The summed E-state index contributed by atoms with van der Waals surface area (Å²) in [5.74, 6) is -1.12. The number of aromatic nitrogens is 4. The van der Waals surface area contributed by atoms with E-state index in [2.05, 4.69) is 52.2 Å². The molecule has 218 valence electrons. The average Bonchev–Trinajstić information content (AvgIpc) is 3.40. The number of carbonyl (C=O) groups is 3. The fourth-order valence-corrected chi connectivity index (χ4v) is 5.11. The van der Waals surface area contributed by atoms with Crippen LogP contribution >= 0.6 is 35.0 Å². The minimum atomic E-state index is -0.887. The number of thioether (sulfide) groups is 1. The Kier molecular flexibility index (Phi) is 9.87. The van der Waals surface area contributed by atoms with E-state index in [1.165, 1.54) is 17.7 Å². The first-order valence-corrected chi connectivity index (χ1v) is 14.6. The molecular weight excluding hydrogens is 597 g/mol. The molecule has 3 N–H and O–H groups in total. The van der Waals surface area contributed by atoms with Crippen molar-refractivity contribution < 1.29 is 14.4 Å². The molecule has 10 nitrogen and oxygen atoms in total. The quantitative estimate of drug-likeness (QED) is 0.200. The van der Waals surface area contributed by atoms with E-state index in [4.69, 9.17) is 23.2 Å². The van der Waals surface area contributed by atoms with E-state index in [9.17, 15) is 14.4 Å². The van der Waals surface area contributed by atoms with Gasteiger partial charge in [-0.25, -0.2) is 0 Å². The predicted molar refractivity (Wildman–Crippen MR) is 165 cm³/mol. The summed E-state index contributed by atoms with van der Waals surface area (Å²) in [5.41, 5.74) is 3.00. The molecule has 0 fully saturated rings. The zero-order valence-electron chi connectivity index (χ0n) is 23.3. The molecule has 42 heavy (non-hydrogen) atoms. The fraction of sp³-hybridized carbons (Fsp3) is 0.241. The summed E-state index contributed by atoms with van der Waals surface area (Å²) in [5, 5.41) is 21.1. The molecule has 0 saturated heterocycles. The molecule has 13 heteroatoms. The number of tetrazole rings is 1. The molecule has 0 aliphatic carbocycles. The highest BCUT2D eigenvalue weighted by Gasteiger charge is 2.22. The van der Waals surface area contributed by atoms with Gasteiger partial charge >= 0.3 is 0 Å². The number of halogens is 2. The molecule has 0 spiro atoms. The average molecular weight is 627 g/mol. The molecule has 0 radical (unpaired) electrons. The van der Waals surface area contributed by atoms with Crippen LogP contribution in [-0.2, 0) is 19.8 Å². The van der Waals surface area contributed by atoms with Crippen molar-refractivity contribution >= 4 is 64.1 Å². The molecule has 1 heterocycles. The Morgan fingerprint density at radius 2 is 1.69 bits per heavy atom. The molecular formula is C29H29Cl2N7O3S. The third-order valence-corrected chi connectivity index (χ3v) is 7.60. The van der Waals surface area contributed by atoms with Crippen molar-refractivity contribution in [3.63, 3.8) is 0 Å². The van der Waals surface area contributed by atoms with Gasteiger partial charge in [0.25, 0.3) is 5.91 Å². The van der Waals surface area contributed by atoms with Crippen LogP contribution in [-0.4, -0.2) is 43.7 Å². The lowest BCUT2D eigenvalue weighted by Gasteiger charge is -2.20. The van der Waals surface area contributed by atoms with Crippen molar-refractivity contribution in [2.24, 2.45) is 0 Å². The van der Waals surface area contributed by atoms with Crippen LogP contribution in [0.1, 0.15) is 44.9 Å². The van der Waals surface area contributed by atoms with Gasteiger partial charge in [-0.15, -0.1) is 5.10 Å². The number of nitrogens with zero attached hydrogens (tertiary/aromatic N) is 4. The predicted octanol–water partition coefficient (Wildman–Crippen LogP) is 5.81. The lowest BCUT2D eigenvalue weighted by atomic mass is 9.87. The SMILES string of the molecule is CC(=O)NC(C(=O)Nc1ccc(NC(=O)CSc2nnnn2-c2ccc(C(C)(C)C)cc2Cl)c(Cl)c1)c1ccccc1. The van der Waals surface area contributed by atoms with E-state index in [-0.39, 0.29) is 28.0 Å². The van der Waals surface area contributed by atoms with E-state index in [0.29, 0.717) is 32.8 Å². The Labute approximate surface area is 257 Å². The van der Waals surface area contributed by atoms with E-state index >= 15 is 0 Å². The lowest BCUT2D eigenvalue weighted by molar-refractivity contribution is -0.125. The molecule has 3 aromatic carbocycles. The third kappa shape index (κ3) is 7.87. The molecule has 4 rings (SSSR count). The molecule has 4 aromatic rings. The fourth-order valence-electron chi connectivity index (χ4n) is 3.94. The first-order chi connectivity index (χ1) is 19.9. The number of nitrogens with one attached hydrogen (secondary N) is 3. The van der Waals surface area contributed by atoms with Crippen LogP contribution in [0.2, 0.25) is 10.0 Å².